The maximum absolute atomic E-state index is 2.45. The Balaban J connectivity index is 2.37. The molecule has 1 aliphatic rings. The van der Waals surface area contributed by atoms with Gasteiger partial charge >= 0.3 is 0 Å². The molecule has 1 aliphatic carbocycles. The molecule has 2 rings (SSSR count). The fourth-order valence-corrected chi connectivity index (χ4v) is 4.98. The first-order valence-electron chi connectivity index (χ1n) is 7.65. The van der Waals surface area contributed by atoms with E-state index in [-0.39, 0.29) is 7.92 Å². The average molecular weight is 276 g/mol. The van der Waals surface area contributed by atoms with Crippen LogP contribution < -0.4 is 0 Å². The second-order valence-corrected chi connectivity index (χ2v) is 9.99. The van der Waals surface area contributed by atoms with Gasteiger partial charge in [-0.15, -0.1) is 7.92 Å². The second kappa shape index (κ2) is 5.96. The number of benzene rings is 1. The van der Waals surface area contributed by atoms with Gasteiger partial charge in [0.15, 0.2) is 0 Å². The summed E-state index contributed by atoms with van der Waals surface area (Å²) in [5.74, 6) is 0. The zero-order valence-electron chi connectivity index (χ0n) is 13.3. The normalized spacial score (nSPS) is 17.4. The van der Waals surface area contributed by atoms with Gasteiger partial charge in [0.2, 0.25) is 0 Å². The maximum atomic E-state index is 2.45. The Kier molecular flexibility index (Phi) is 4.72. The van der Waals surface area contributed by atoms with E-state index in [1.54, 1.807) is 16.7 Å². The topological polar surface area (TPSA) is 0 Å². The molecule has 0 nitrogen and oxygen atoms in total. The third kappa shape index (κ3) is 3.82. The Bertz CT molecular complexity index is 426. The van der Waals surface area contributed by atoms with Crippen LogP contribution in [0, 0.1) is 5.41 Å². The molecule has 1 unspecified atom stereocenters. The van der Waals surface area contributed by atoms with Gasteiger partial charge in [-0.05, 0) is 67.5 Å². The van der Waals surface area contributed by atoms with Crippen molar-refractivity contribution in [3.63, 3.8) is 0 Å². The van der Waals surface area contributed by atoms with Crippen LogP contribution in [0.5, 0.6) is 0 Å². The molecule has 0 radical (unpaired) electrons. The molecule has 0 aliphatic heterocycles. The predicted molar refractivity (Wildman–Crippen MR) is 88.7 cm³/mol. The summed E-state index contributed by atoms with van der Waals surface area (Å²) in [6, 6.07) is 7.08. The minimum absolute atomic E-state index is 0.0803. The largest absolute Gasteiger partial charge is 0.105 e. The molecule has 0 amide bonds. The average Bonchev–Trinajstić information content (AvgIpc) is 2.34. The fraction of sp³-hybridized carbons (Fsp3) is 0.667. The van der Waals surface area contributed by atoms with Crippen molar-refractivity contribution in [1.82, 2.24) is 0 Å². The lowest BCUT2D eigenvalue weighted by Crippen LogP contribution is -2.14. The highest BCUT2D eigenvalue weighted by molar-refractivity contribution is 7.56. The van der Waals surface area contributed by atoms with Gasteiger partial charge in [-0.25, -0.2) is 0 Å². The molecule has 0 aromatic heterocycles. The van der Waals surface area contributed by atoms with Gasteiger partial charge in [-0.2, -0.15) is 0 Å². The second-order valence-electron chi connectivity index (χ2n) is 7.44. The van der Waals surface area contributed by atoms with Crippen LogP contribution in [0.3, 0.4) is 0 Å². The summed E-state index contributed by atoms with van der Waals surface area (Å²) >= 11 is 0. The molecule has 0 spiro atoms. The van der Waals surface area contributed by atoms with Gasteiger partial charge < -0.3 is 0 Å². The summed E-state index contributed by atoms with van der Waals surface area (Å²) < 4.78 is 0. The highest BCUT2D eigenvalue weighted by atomic mass is 31.1. The van der Waals surface area contributed by atoms with E-state index in [0.29, 0.717) is 5.41 Å². The molecule has 0 heterocycles. The van der Waals surface area contributed by atoms with E-state index in [0.717, 1.165) is 5.66 Å². The molecule has 1 atom stereocenters. The van der Waals surface area contributed by atoms with Crippen LogP contribution in [0.2, 0.25) is 0 Å². The zero-order valence-corrected chi connectivity index (χ0v) is 14.2. The number of rotatable bonds is 3. The van der Waals surface area contributed by atoms with Gasteiger partial charge in [0.25, 0.3) is 0 Å². The SMILES string of the molecule is CP(C)C(CC(C)(C)C)c1cccc2c1CCCC2. The van der Waals surface area contributed by atoms with Gasteiger partial charge in [-0.1, -0.05) is 39.0 Å². The minimum atomic E-state index is 0.0803. The first-order valence-corrected chi connectivity index (χ1v) is 9.96. The first kappa shape index (κ1) is 15.0. The minimum Gasteiger partial charge on any atom is -0.105 e. The van der Waals surface area contributed by atoms with Gasteiger partial charge in [0.05, 0.1) is 0 Å². The first-order chi connectivity index (χ1) is 8.88. The van der Waals surface area contributed by atoms with Gasteiger partial charge in [0.1, 0.15) is 0 Å². The van der Waals surface area contributed by atoms with Crippen molar-refractivity contribution in [2.75, 3.05) is 13.3 Å². The Labute approximate surface area is 120 Å². The Hall–Kier alpha value is -0.350. The quantitative estimate of drug-likeness (QED) is 0.613. The van der Waals surface area contributed by atoms with Crippen LogP contribution in [0.25, 0.3) is 0 Å². The van der Waals surface area contributed by atoms with Crippen molar-refractivity contribution < 1.29 is 0 Å². The summed E-state index contributed by atoms with van der Waals surface area (Å²) in [7, 11) is 0.0803. The van der Waals surface area contributed by atoms with E-state index < -0.39 is 0 Å². The molecule has 0 saturated carbocycles. The third-order valence-corrected chi connectivity index (χ3v) is 5.93. The van der Waals surface area contributed by atoms with Crippen molar-refractivity contribution in [3.05, 3.63) is 34.9 Å². The smallest absolute Gasteiger partial charge is 0.00446 e. The van der Waals surface area contributed by atoms with Gasteiger partial charge in [-0.3, -0.25) is 0 Å². The third-order valence-electron chi connectivity index (χ3n) is 4.22. The summed E-state index contributed by atoms with van der Waals surface area (Å²) in [6.45, 7) is 12.1. The van der Waals surface area contributed by atoms with E-state index in [4.69, 9.17) is 0 Å². The molecule has 1 aromatic rings. The summed E-state index contributed by atoms with van der Waals surface area (Å²) in [6.07, 6.45) is 6.71. The van der Waals surface area contributed by atoms with Crippen molar-refractivity contribution in [2.24, 2.45) is 5.41 Å². The molecule has 106 valence electrons. The monoisotopic (exact) mass is 276 g/mol. The van der Waals surface area contributed by atoms with E-state index in [2.05, 4.69) is 52.3 Å². The Morgan fingerprint density at radius 1 is 1.11 bits per heavy atom. The number of fused-ring (bicyclic) bond motifs is 1. The van der Waals surface area contributed by atoms with Crippen LogP contribution in [0.15, 0.2) is 18.2 Å². The molecule has 1 aromatic carbocycles. The van der Waals surface area contributed by atoms with Crippen LogP contribution in [0.1, 0.15) is 62.4 Å². The number of aryl methyl sites for hydroxylation is 1. The number of hydrogen-bond donors (Lipinski definition) is 0. The molecular formula is C18H29P. The highest BCUT2D eigenvalue weighted by Crippen LogP contribution is 2.52. The van der Waals surface area contributed by atoms with Crippen LogP contribution in [-0.2, 0) is 12.8 Å². The molecule has 1 heteroatoms. The van der Waals surface area contributed by atoms with Gasteiger partial charge in [0, 0.05) is 5.66 Å². The Morgan fingerprint density at radius 3 is 2.42 bits per heavy atom. The van der Waals surface area contributed by atoms with Crippen molar-refractivity contribution >= 4 is 7.92 Å². The lowest BCUT2D eigenvalue weighted by atomic mass is 9.83. The van der Waals surface area contributed by atoms with E-state index >= 15 is 0 Å². The van der Waals surface area contributed by atoms with Crippen molar-refractivity contribution in [2.45, 2.75) is 58.5 Å². The van der Waals surface area contributed by atoms with Crippen molar-refractivity contribution in [1.29, 1.82) is 0 Å². The van der Waals surface area contributed by atoms with E-state index in [1.165, 1.54) is 32.1 Å². The summed E-state index contributed by atoms with van der Waals surface area (Å²) in [5.41, 5.74) is 6.24. The lowest BCUT2D eigenvalue weighted by Gasteiger charge is -2.32. The zero-order chi connectivity index (χ0) is 14.0. The lowest BCUT2D eigenvalue weighted by molar-refractivity contribution is 0.372. The Morgan fingerprint density at radius 2 is 1.79 bits per heavy atom. The molecule has 0 bridgehead atoms. The molecule has 0 N–H and O–H groups in total. The maximum Gasteiger partial charge on any atom is 0.00446 e. The molecule has 19 heavy (non-hydrogen) atoms. The molecule has 0 saturated heterocycles. The standard InChI is InChI=1S/C18H29P/c1-18(2,3)13-17(19(4)5)16-12-8-10-14-9-6-7-11-15(14)16/h8,10,12,17H,6-7,9,11,13H2,1-5H3. The predicted octanol–water partition coefficient (Wildman–Crippen LogP) is 5.78. The van der Waals surface area contributed by atoms with E-state index in [9.17, 15) is 0 Å². The summed E-state index contributed by atoms with van der Waals surface area (Å²) in [5, 5.41) is 0. The molecule has 0 fully saturated rings. The molecular weight excluding hydrogens is 247 g/mol. The van der Waals surface area contributed by atoms with Crippen LogP contribution >= 0.6 is 7.92 Å². The highest BCUT2D eigenvalue weighted by Gasteiger charge is 2.26. The van der Waals surface area contributed by atoms with Crippen molar-refractivity contribution in [3.8, 4) is 0 Å². The summed E-state index contributed by atoms with van der Waals surface area (Å²) in [4.78, 5) is 0. The fourth-order valence-electron chi connectivity index (χ4n) is 3.27. The number of hydrogen-bond acceptors (Lipinski definition) is 0. The van der Waals surface area contributed by atoms with Crippen LogP contribution in [-0.4, -0.2) is 13.3 Å². The van der Waals surface area contributed by atoms with E-state index in [1.807, 2.05) is 0 Å². The van der Waals surface area contributed by atoms with Crippen LogP contribution in [0.4, 0.5) is 0 Å².